The summed E-state index contributed by atoms with van der Waals surface area (Å²) in [7, 11) is 0. The Bertz CT molecular complexity index is 554. The van der Waals surface area contributed by atoms with Gasteiger partial charge >= 0.3 is 0 Å². The first-order chi connectivity index (χ1) is 9.69. The highest BCUT2D eigenvalue weighted by Crippen LogP contribution is 2.09. The highest BCUT2D eigenvalue weighted by atomic mass is 16.1. The summed E-state index contributed by atoms with van der Waals surface area (Å²) in [5.74, 6) is 0.411. The molecule has 0 aliphatic heterocycles. The molecule has 104 valence electrons. The largest absolute Gasteiger partial charge is 0.366 e. The van der Waals surface area contributed by atoms with Crippen LogP contribution in [0.2, 0.25) is 0 Å². The van der Waals surface area contributed by atoms with Gasteiger partial charge in [0.25, 0.3) is 5.91 Å². The van der Waals surface area contributed by atoms with Crippen molar-refractivity contribution in [3.63, 3.8) is 0 Å². The predicted octanol–water partition coefficient (Wildman–Crippen LogP) is 2.94. The maximum absolute atomic E-state index is 12.0. The van der Waals surface area contributed by atoms with Crippen LogP contribution in [0.4, 0.5) is 11.5 Å². The number of para-hydroxylation sites is 1. The van der Waals surface area contributed by atoms with Crippen LogP contribution in [0.25, 0.3) is 0 Å². The van der Waals surface area contributed by atoms with E-state index in [4.69, 9.17) is 0 Å². The zero-order chi connectivity index (χ0) is 14.4. The highest BCUT2D eigenvalue weighted by molar-refractivity contribution is 6.02. The molecule has 0 saturated heterocycles. The second kappa shape index (κ2) is 6.65. The number of rotatable bonds is 5. The van der Waals surface area contributed by atoms with Gasteiger partial charge in [0.1, 0.15) is 11.5 Å². The summed E-state index contributed by atoms with van der Waals surface area (Å²) < 4.78 is 0. The van der Waals surface area contributed by atoms with E-state index in [0.29, 0.717) is 17.6 Å². The number of anilines is 2. The van der Waals surface area contributed by atoms with Crippen molar-refractivity contribution in [2.45, 2.75) is 26.3 Å². The highest BCUT2D eigenvalue weighted by Gasteiger charge is 2.08. The number of amides is 1. The van der Waals surface area contributed by atoms with Crippen LogP contribution in [0, 0.1) is 0 Å². The standard InChI is InChI=1S/C15H18N4O/c1-3-11(2)18-14-10-16-13(9-17-14)15(20)19-12-7-5-4-6-8-12/h4-11H,3H2,1-2H3,(H,17,18)(H,19,20). The van der Waals surface area contributed by atoms with E-state index in [9.17, 15) is 4.79 Å². The van der Waals surface area contributed by atoms with Crippen molar-refractivity contribution < 1.29 is 4.79 Å². The summed E-state index contributed by atoms with van der Waals surface area (Å²) in [6.07, 6.45) is 4.05. The van der Waals surface area contributed by atoms with Crippen LogP contribution in [0.1, 0.15) is 30.8 Å². The number of hydrogen-bond donors (Lipinski definition) is 2. The molecular formula is C15H18N4O. The molecule has 2 rings (SSSR count). The summed E-state index contributed by atoms with van der Waals surface area (Å²) in [6, 6.07) is 9.59. The minimum Gasteiger partial charge on any atom is -0.366 e. The van der Waals surface area contributed by atoms with E-state index < -0.39 is 0 Å². The molecule has 1 atom stereocenters. The molecule has 1 aromatic carbocycles. The van der Waals surface area contributed by atoms with Gasteiger partial charge in [-0.25, -0.2) is 9.97 Å². The summed E-state index contributed by atoms with van der Waals surface area (Å²) in [6.45, 7) is 4.16. The molecule has 1 amide bonds. The van der Waals surface area contributed by atoms with Crippen molar-refractivity contribution in [1.82, 2.24) is 9.97 Å². The lowest BCUT2D eigenvalue weighted by Gasteiger charge is -2.11. The van der Waals surface area contributed by atoms with E-state index in [1.165, 1.54) is 6.20 Å². The van der Waals surface area contributed by atoms with Crippen molar-refractivity contribution in [2.75, 3.05) is 10.6 Å². The molecule has 1 heterocycles. The number of nitrogens with zero attached hydrogens (tertiary/aromatic N) is 2. The number of carbonyl (C=O) groups excluding carboxylic acids is 1. The number of carbonyl (C=O) groups is 1. The van der Waals surface area contributed by atoms with Crippen LogP contribution in [-0.4, -0.2) is 21.9 Å². The number of aromatic nitrogens is 2. The molecule has 2 N–H and O–H groups in total. The van der Waals surface area contributed by atoms with Crippen molar-refractivity contribution in [2.24, 2.45) is 0 Å². The molecule has 2 aromatic rings. The first kappa shape index (κ1) is 14.0. The van der Waals surface area contributed by atoms with E-state index in [1.807, 2.05) is 30.3 Å². The van der Waals surface area contributed by atoms with Gasteiger partial charge in [0, 0.05) is 11.7 Å². The summed E-state index contributed by atoms with van der Waals surface area (Å²) in [4.78, 5) is 20.3. The molecule has 0 bridgehead atoms. The summed E-state index contributed by atoms with van der Waals surface area (Å²) in [5, 5.41) is 5.97. The van der Waals surface area contributed by atoms with Gasteiger partial charge in [0.05, 0.1) is 12.4 Å². The molecule has 5 heteroatoms. The molecular weight excluding hydrogens is 252 g/mol. The van der Waals surface area contributed by atoms with Gasteiger partial charge in [-0.05, 0) is 25.5 Å². The van der Waals surface area contributed by atoms with E-state index >= 15 is 0 Å². The van der Waals surface area contributed by atoms with Crippen LogP contribution in [0.5, 0.6) is 0 Å². The lowest BCUT2D eigenvalue weighted by molar-refractivity contribution is 0.102. The van der Waals surface area contributed by atoms with Gasteiger partial charge in [-0.1, -0.05) is 25.1 Å². The first-order valence-corrected chi connectivity index (χ1v) is 6.64. The average molecular weight is 270 g/mol. The maximum Gasteiger partial charge on any atom is 0.275 e. The lowest BCUT2D eigenvalue weighted by atomic mass is 10.2. The predicted molar refractivity (Wildman–Crippen MR) is 79.8 cm³/mol. The number of nitrogens with one attached hydrogen (secondary N) is 2. The van der Waals surface area contributed by atoms with Gasteiger partial charge in [-0.2, -0.15) is 0 Å². The van der Waals surface area contributed by atoms with Gasteiger partial charge < -0.3 is 10.6 Å². The van der Waals surface area contributed by atoms with Crippen molar-refractivity contribution in [3.05, 3.63) is 48.4 Å². The Morgan fingerprint density at radius 3 is 2.55 bits per heavy atom. The Labute approximate surface area is 118 Å². The minimum atomic E-state index is -0.265. The lowest BCUT2D eigenvalue weighted by Crippen LogP contribution is -2.17. The zero-order valence-electron chi connectivity index (χ0n) is 11.6. The molecule has 0 aliphatic carbocycles. The van der Waals surface area contributed by atoms with Gasteiger partial charge in [0.15, 0.2) is 0 Å². The maximum atomic E-state index is 12.0. The van der Waals surface area contributed by atoms with Crippen LogP contribution < -0.4 is 10.6 Å². The monoisotopic (exact) mass is 270 g/mol. The molecule has 0 spiro atoms. The van der Waals surface area contributed by atoms with Crippen molar-refractivity contribution in [1.29, 1.82) is 0 Å². The Morgan fingerprint density at radius 1 is 1.20 bits per heavy atom. The second-order valence-electron chi connectivity index (χ2n) is 4.56. The van der Waals surface area contributed by atoms with E-state index in [2.05, 4.69) is 34.4 Å². The molecule has 0 saturated carbocycles. The van der Waals surface area contributed by atoms with Crippen LogP contribution in [0.3, 0.4) is 0 Å². The fraction of sp³-hybridized carbons (Fsp3) is 0.267. The topological polar surface area (TPSA) is 66.9 Å². The van der Waals surface area contributed by atoms with Crippen molar-refractivity contribution in [3.8, 4) is 0 Å². The molecule has 1 unspecified atom stereocenters. The molecule has 0 radical (unpaired) electrons. The molecule has 0 fully saturated rings. The van der Waals surface area contributed by atoms with Gasteiger partial charge in [-0.15, -0.1) is 0 Å². The van der Waals surface area contributed by atoms with Crippen molar-refractivity contribution >= 4 is 17.4 Å². The van der Waals surface area contributed by atoms with E-state index in [1.54, 1.807) is 6.20 Å². The second-order valence-corrected chi connectivity index (χ2v) is 4.56. The first-order valence-electron chi connectivity index (χ1n) is 6.64. The van der Waals surface area contributed by atoms with Gasteiger partial charge in [0.2, 0.25) is 0 Å². The van der Waals surface area contributed by atoms with E-state index in [0.717, 1.165) is 12.1 Å². The van der Waals surface area contributed by atoms with Crippen LogP contribution in [0.15, 0.2) is 42.7 Å². The Balaban J connectivity index is 2.01. The third kappa shape index (κ3) is 3.78. The minimum absolute atomic E-state index is 0.265. The summed E-state index contributed by atoms with van der Waals surface area (Å²) >= 11 is 0. The Morgan fingerprint density at radius 2 is 1.95 bits per heavy atom. The molecule has 0 aliphatic rings. The SMILES string of the molecule is CCC(C)Nc1cnc(C(=O)Nc2ccccc2)cn1. The average Bonchev–Trinajstić information content (AvgIpc) is 2.49. The fourth-order valence-electron chi connectivity index (χ4n) is 1.59. The molecule has 5 nitrogen and oxygen atoms in total. The third-order valence-corrected chi connectivity index (χ3v) is 2.92. The third-order valence-electron chi connectivity index (χ3n) is 2.92. The Hall–Kier alpha value is -2.43. The molecule has 20 heavy (non-hydrogen) atoms. The van der Waals surface area contributed by atoms with E-state index in [-0.39, 0.29) is 5.91 Å². The molecule has 1 aromatic heterocycles. The normalized spacial score (nSPS) is 11.7. The number of benzene rings is 1. The quantitative estimate of drug-likeness (QED) is 0.876. The van der Waals surface area contributed by atoms with Gasteiger partial charge in [-0.3, -0.25) is 4.79 Å². The van der Waals surface area contributed by atoms with Crippen LogP contribution in [-0.2, 0) is 0 Å². The Kier molecular flexibility index (Phi) is 4.65. The zero-order valence-corrected chi connectivity index (χ0v) is 11.6. The summed E-state index contributed by atoms with van der Waals surface area (Å²) in [5.41, 5.74) is 1.03. The number of hydrogen-bond acceptors (Lipinski definition) is 4. The fourth-order valence-corrected chi connectivity index (χ4v) is 1.59. The van der Waals surface area contributed by atoms with Crippen LogP contribution >= 0.6 is 0 Å². The smallest absolute Gasteiger partial charge is 0.275 e.